The van der Waals surface area contributed by atoms with Crippen LogP contribution < -0.4 is 10.6 Å². The number of amides is 3. The van der Waals surface area contributed by atoms with E-state index in [0.29, 0.717) is 4.47 Å². The molecule has 1 aromatic rings. The Balaban J connectivity index is 1.60. The van der Waals surface area contributed by atoms with E-state index in [2.05, 4.69) is 33.1 Å². The maximum absolute atomic E-state index is 14.1. The summed E-state index contributed by atoms with van der Waals surface area (Å²) in [6.07, 6.45) is 2.97. The number of nitrogens with one attached hydrogen (secondary N) is 2. The molecule has 2 unspecified atom stereocenters. The van der Waals surface area contributed by atoms with Crippen molar-refractivity contribution in [1.29, 1.82) is 0 Å². The minimum Gasteiger partial charge on any atom is -0.467 e. The third-order valence-corrected chi connectivity index (χ3v) is 10.3. The molecule has 1 aromatic carbocycles. The second kappa shape index (κ2) is 13.2. The van der Waals surface area contributed by atoms with Crippen LogP contribution in [0.4, 0.5) is 4.79 Å². The fourth-order valence-electron chi connectivity index (χ4n) is 5.81. The average molecular weight is 699 g/mol. The Morgan fingerprint density at radius 3 is 2.30 bits per heavy atom. The molecule has 3 amide bonds. The van der Waals surface area contributed by atoms with Gasteiger partial charge in [-0.3, -0.25) is 13.8 Å². The summed E-state index contributed by atoms with van der Waals surface area (Å²) in [5.74, 6) is -2.32. The van der Waals surface area contributed by atoms with Crippen molar-refractivity contribution in [2.45, 2.75) is 94.0 Å². The molecule has 1 saturated heterocycles. The predicted octanol–water partition coefficient (Wildman–Crippen LogP) is 3.44. The molecule has 0 aromatic heterocycles. The molecule has 3 aliphatic rings. The normalized spacial score (nSPS) is 26.0. The van der Waals surface area contributed by atoms with Gasteiger partial charge in [-0.15, -0.1) is 6.58 Å². The lowest BCUT2D eigenvalue weighted by Crippen LogP contribution is -2.59. The molecule has 242 valence electrons. The van der Waals surface area contributed by atoms with Crippen molar-refractivity contribution >= 4 is 49.9 Å². The number of methoxy groups -OCH3 is 1. The molecule has 4 rings (SSSR count). The highest BCUT2D eigenvalue weighted by Crippen LogP contribution is 2.45. The molecule has 0 spiro atoms. The fourth-order valence-corrected chi connectivity index (χ4v) is 7.15. The highest BCUT2D eigenvalue weighted by Gasteiger charge is 2.62. The first-order chi connectivity index (χ1) is 20.6. The van der Waals surface area contributed by atoms with Gasteiger partial charge in [-0.25, -0.2) is 9.59 Å². The Morgan fingerprint density at radius 1 is 1.11 bits per heavy atom. The Hall–Kier alpha value is -2.97. The first-order valence-electron chi connectivity index (χ1n) is 14.6. The molecule has 3 fully saturated rings. The summed E-state index contributed by atoms with van der Waals surface area (Å²) in [6, 6.07) is 3.53. The summed E-state index contributed by atoms with van der Waals surface area (Å²) in [5.41, 5.74) is -2.15. The third-order valence-electron chi connectivity index (χ3n) is 8.36. The SMILES string of the molecule is C=CC1C[C@]1(NC(=O)C1C[C@H](OS(=O)(=O)c2ccc(Br)cc2)CN1C(=O)[C@@H](NC(=O)OC1CCCC1)C(C)(C)C)C(=O)OC. The molecule has 0 radical (unpaired) electrons. The van der Waals surface area contributed by atoms with Crippen molar-refractivity contribution in [3.05, 3.63) is 41.4 Å². The summed E-state index contributed by atoms with van der Waals surface area (Å²) >= 11 is 3.27. The highest BCUT2D eigenvalue weighted by atomic mass is 79.9. The Kier molecular flexibility index (Phi) is 10.2. The van der Waals surface area contributed by atoms with Crippen molar-refractivity contribution in [2.24, 2.45) is 11.3 Å². The number of halogens is 1. The van der Waals surface area contributed by atoms with E-state index in [-0.39, 0.29) is 36.3 Å². The molecule has 2 saturated carbocycles. The van der Waals surface area contributed by atoms with E-state index in [1.807, 2.05) is 0 Å². The maximum Gasteiger partial charge on any atom is 0.408 e. The van der Waals surface area contributed by atoms with Gasteiger partial charge in [0.1, 0.15) is 23.7 Å². The number of nitrogens with zero attached hydrogens (tertiary/aromatic N) is 1. The van der Waals surface area contributed by atoms with Crippen molar-refractivity contribution < 1.29 is 41.3 Å². The van der Waals surface area contributed by atoms with E-state index in [0.717, 1.165) is 25.7 Å². The van der Waals surface area contributed by atoms with E-state index in [9.17, 15) is 27.6 Å². The third kappa shape index (κ3) is 7.45. The molecule has 44 heavy (non-hydrogen) atoms. The van der Waals surface area contributed by atoms with Crippen LogP contribution in [-0.4, -0.2) is 80.7 Å². The van der Waals surface area contributed by atoms with Crippen LogP contribution in [0.1, 0.15) is 59.3 Å². The molecule has 0 bridgehead atoms. The van der Waals surface area contributed by atoms with Crippen molar-refractivity contribution in [3.8, 4) is 0 Å². The van der Waals surface area contributed by atoms with Crippen LogP contribution >= 0.6 is 15.9 Å². The van der Waals surface area contributed by atoms with Gasteiger partial charge in [0.05, 0.1) is 18.1 Å². The molecule has 14 heteroatoms. The van der Waals surface area contributed by atoms with E-state index < -0.39 is 63.1 Å². The van der Waals surface area contributed by atoms with Crippen LogP contribution in [0.25, 0.3) is 0 Å². The topological polar surface area (TPSA) is 157 Å². The second-order valence-electron chi connectivity index (χ2n) is 12.6. The zero-order valence-electron chi connectivity index (χ0n) is 25.3. The zero-order valence-corrected chi connectivity index (χ0v) is 27.7. The number of hydrogen-bond donors (Lipinski definition) is 2. The second-order valence-corrected chi connectivity index (χ2v) is 15.1. The summed E-state index contributed by atoms with van der Waals surface area (Å²) < 4.78 is 42.9. The van der Waals surface area contributed by atoms with E-state index in [4.69, 9.17) is 13.7 Å². The highest BCUT2D eigenvalue weighted by molar-refractivity contribution is 9.10. The van der Waals surface area contributed by atoms with Gasteiger partial charge in [0.25, 0.3) is 10.1 Å². The van der Waals surface area contributed by atoms with Gasteiger partial charge < -0.3 is 25.0 Å². The molecule has 2 N–H and O–H groups in total. The van der Waals surface area contributed by atoms with Crippen LogP contribution in [-0.2, 0) is 38.2 Å². The molecule has 1 heterocycles. The van der Waals surface area contributed by atoms with Crippen molar-refractivity contribution in [1.82, 2.24) is 15.5 Å². The summed E-state index contributed by atoms with van der Waals surface area (Å²) in [7, 11) is -3.05. The van der Waals surface area contributed by atoms with Gasteiger partial charge in [0, 0.05) is 23.4 Å². The van der Waals surface area contributed by atoms with Gasteiger partial charge in [0.2, 0.25) is 11.8 Å². The van der Waals surface area contributed by atoms with E-state index in [1.165, 1.54) is 24.1 Å². The molecular weight excluding hydrogens is 658 g/mol. The quantitative estimate of drug-likeness (QED) is 0.212. The van der Waals surface area contributed by atoms with Gasteiger partial charge in [-0.2, -0.15) is 8.42 Å². The molecule has 5 atom stereocenters. The monoisotopic (exact) mass is 697 g/mol. The zero-order chi connectivity index (χ0) is 32.4. The summed E-state index contributed by atoms with van der Waals surface area (Å²) in [4.78, 5) is 54.5. The van der Waals surface area contributed by atoms with Gasteiger partial charge in [-0.1, -0.05) is 42.8 Å². The average Bonchev–Trinajstić information content (AvgIpc) is 3.24. The lowest BCUT2D eigenvalue weighted by molar-refractivity contribution is -0.148. The number of benzene rings is 1. The first-order valence-corrected chi connectivity index (χ1v) is 16.8. The van der Waals surface area contributed by atoms with E-state index in [1.54, 1.807) is 39.0 Å². The largest absolute Gasteiger partial charge is 0.467 e. The Morgan fingerprint density at radius 2 is 1.75 bits per heavy atom. The molecular formula is C30H40BrN3O9S. The number of ether oxygens (including phenoxy) is 2. The number of hydrogen-bond acceptors (Lipinski definition) is 9. The van der Waals surface area contributed by atoms with Crippen LogP contribution in [0.5, 0.6) is 0 Å². The van der Waals surface area contributed by atoms with Crippen LogP contribution in [0, 0.1) is 11.3 Å². The van der Waals surface area contributed by atoms with Crippen LogP contribution in [0.15, 0.2) is 46.3 Å². The minimum absolute atomic E-state index is 0.0909. The predicted molar refractivity (Wildman–Crippen MR) is 163 cm³/mol. The Labute approximate surface area is 266 Å². The van der Waals surface area contributed by atoms with E-state index >= 15 is 0 Å². The van der Waals surface area contributed by atoms with Gasteiger partial charge >= 0.3 is 12.1 Å². The number of rotatable bonds is 10. The number of likely N-dealkylation sites (tertiary alicyclic amines) is 1. The summed E-state index contributed by atoms with van der Waals surface area (Å²) in [6.45, 7) is 8.74. The lowest BCUT2D eigenvalue weighted by Gasteiger charge is -2.35. The maximum atomic E-state index is 14.1. The smallest absolute Gasteiger partial charge is 0.408 e. The van der Waals surface area contributed by atoms with Gasteiger partial charge in [0.15, 0.2) is 0 Å². The molecule has 2 aliphatic carbocycles. The van der Waals surface area contributed by atoms with Gasteiger partial charge in [-0.05, 0) is 61.8 Å². The lowest BCUT2D eigenvalue weighted by atomic mass is 9.85. The Bertz CT molecular complexity index is 1390. The van der Waals surface area contributed by atoms with Crippen molar-refractivity contribution in [2.75, 3.05) is 13.7 Å². The standard InChI is InChI=1S/C30H40BrN3O9S/c1-6-18-16-30(18,27(37)41-5)33-25(35)23-15-21(43-44(39,40)22-13-11-19(31)12-14-22)17-34(23)26(36)24(29(2,3)4)32-28(38)42-20-9-7-8-10-20/h6,11-14,18,20-21,23-24H,1,7-10,15-17H2,2-5H3,(H,32,38)(H,33,35)/t18?,21-,23?,24+,30+/m0/s1. The van der Waals surface area contributed by atoms with Crippen molar-refractivity contribution in [3.63, 3.8) is 0 Å². The minimum atomic E-state index is -4.26. The summed E-state index contributed by atoms with van der Waals surface area (Å²) in [5, 5.41) is 5.42. The molecule has 12 nitrogen and oxygen atoms in total. The number of carbonyl (C=O) groups excluding carboxylic acids is 4. The fraction of sp³-hybridized carbons (Fsp3) is 0.600. The number of esters is 1. The first kappa shape index (κ1) is 33.9. The number of carbonyl (C=O) groups is 4. The van der Waals surface area contributed by atoms with Crippen LogP contribution in [0.2, 0.25) is 0 Å². The molecule has 1 aliphatic heterocycles. The van der Waals surface area contributed by atoms with Crippen LogP contribution in [0.3, 0.4) is 0 Å². The number of alkyl carbamates (subject to hydrolysis) is 1.